The van der Waals surface area contributed by atoms with Gasteiger partial charge >= 0.3 is 0 Å². The minimum absolute atomic E-state index is 0.270. The minimum atomic E-state index is 0.270. The zero-order chi connectivity index (χ0) is 8.81. The van der Waals surface area contributed by atoms with E-state index in [1.54, 1.807) is 11.8 Å². The molecule has 3 N–H and O–H groups in total. The van der Waals surface area contributed by atoms with E-state index < -0.39 is 0 Å². The third-order valence-corrected chi connectivity index (χ3v) is 3.07. The molecule has 0 aliphatic heterocycles. The zero-order valence-electron chi connectivity index (χ0n) is 6.69. The van der Waals surface area contributed by atoms with Crippen molar-refractivity contribution in [3.8, 4) is 0 Å². The van der Waals surface area contributed by atoms with Crippen molar-refractivity contribution in [1.29, 1.82) is 0 Å². The maximum Gasteiger partial charge on any atom is 0.180 e. The van der Waals surface area contributed by atoms with E-state index in [4.69, 9.17) is 10.8 Å². The van der Waals surface area contributed by atoms with Gasteiger partial charge in [-0.25, -0.2) is 4.98 Å². The van der Waals surface area contributed by atoms with Crippen LogP contribution >= 0.6 is 23.1 Å². The van der Waals surface area contributed by atoms with Crippen LogP contribution in [0, 0.1) is 0 Å². The number of anilines is 1. The number of rotatable bonds is 5. The van der Waals surface area contributed by atoms with Crippen molar-refractivity contribution >= 4 is 28.2 Å². The Balaban J connectivity index is 2.15. The smallest absolute Gasteiger partial charge is 0.180 e. The molecule has 0 fully saturated rings. The molecule has 0 spiro atoms. The molecule has 12 heavy (non-hydrogen) atoms. The van der Waals surface area contributed by atoms with Gasteiger partial charge in [0.15, 0.2) is 5.13 Å². The summed E-state index contributed by atoms with van der Waals surface area (Å²) >= 11 is 3.25. The van der Waals surface area contributed by atoms with E-state index in [0.717, 1.165) is 23.6 Å². The fourth-order valence-corrected chi connectivity index (χ4v) is 2.24. The van der Waals surface area contributed by atoms with E-state index in [0.29, 0.717) is 5.13 Å². The summed E-state index contributed by atoms with van der Waals surface area (Å²) in [7, 11) is 0. The number of nitrogen functional groups attached to an aromatic ring is 1. The molecule has 0 amide bonds. The Morgan fingerprint density at radius 3 is 3.08 bits per heavy atom. The lowest BCUT2D eigenvalue weighted by atomic mass is 10.5. The van der Waals surface area contributed by atoms with Crippen LogP contribution in [0.3, 0.4) is 0 Å². The van der Waals surface area contributed by atoms with Crippen LogP contribution in [0.25, 0.3) is 0 Å². The zero-order valence-corrected chi connectivity index (χ0v) is 8.33. The van der Waals surface area contributed by atoms with Crippen LogP contribution in [-0.2, 0) is 5.75 Å². The predicted octanol–water partition coefficient (Wildman–Crippen LogP) is 1.34. The number of aliphatic hydroxyl groups is 1. The summed E-state index contributed by atoms with van der Waals surface area (Å²) in [6.45, 7) is 0.270. The summed E-state index contributed by atoms with van der Waals surface area (Å²) in [6, 6.07) is 0. The molecule has 0 radical (unpaired) electrons. The molecular weight excluding hydrogens is 192 g/mol. The van der Waals surface area contributed by atoms with Crippen LogP contribution in [0.1, 0.15) is 12.1 Å². The second kappa shape index (κ2) is 5.40. The Morgan fingerprint density at radius 1 is 1.67 bits per heavy atom. The first kappa shape index (κ1) is 9.83. The van der Waals surface area contributed by atoms with Gasteiger partial charge in [-0.1, -0.05) is 0 Å². The van der Waals surface area contributed by atoms with Crippen molar-refractivity contribution in [3.63, 3.8) is 0 Å². The van der Waals surface area contributed by atoms with Gasteiger partial charge in [-0.2, -0.15) is 11.8 Å². The topological polar surface area (TPSA) is 59.1 Å². The van der Waals surface area contributed by atoms with Crippen LogP contribution in [0.4, 0.5) is 5.13 Å². The fraction of sp³-hybridized carbons (Fsp3) is 0.571. The highest BCUT2D eigenvalue weighted by molar-refractivity contribution is 7.98. The van der Waals surface area contributed by atoms with Crippen molar-refractivity contribution in [2.45, 2.75) is 12.2 Å². The predicted molar refractivity (Wildman–Crippen MR) is 54.4 cm³/mol. The Hall–Kier alpha value is -0.260. The monoisotopic (exact) mass is 204 g/mol. The molecule has 0 unspecified atom stereocenters. The van der Waals surface area contributed by atoms with Gasteiger partial charge in [0.2, 0.25) is 0 Å². The van der Waals surface area contributed by atoms with E-state index in [1.807, 2.05) is 5.38 Å². The van der Waals surface area contributed by atoms with Gasteiger partial charge in [-0.3, -0.25) is 0 Å². The maximum absolute atomic E-state index is 8.52. The average molecular weight is 204 g/mol. The van der Waals surface area contributed by atoms with Gasteiger partial charge in [0, 0.05) is 17.7 Å². The summed E-state index contributed by atoms with van der Waals surface area (Å²) in [4.78, 5) is 4.12. The highest BCUT2D eigenvalue weighted by Gasteiger charge is 1.97. The van der Waals surface area contributed by atoms with E-state index in [9.17, 15) is 0 Å². The third kappa shape index (κ3) is 3.42. The normalized spacial score (nSPS) is 10.4. The molecule has 0 atom stereocenters. The van der Waals surface area contributed by atoms with Crippen LogP contribution < -0.4 is 5.73 Å². The lowest BCUT2D eigenvalue weighted by Crippen LogP contribution is -1.88. The Bertz CT molecular complexity index is 227. The van der Waals surface area contributed by atoms with Crippen molar-refractivity contribution in [1.82, 2.24) is 4.98 Å². The number of thioether (sulfide) groups is 1. The standard InChI is InChI=1S/C7H12N2OS2/c8-7-9-6(5-12-7)4-11-3-1-2-10/h5,10H,1-4H2,(H2,8,9). The first-order valence-electron chi connectivity index (χ1n) is 3.71. The second-order valence-corrected chi connectivity index (χ2v) is 4.30. The molecule has 68 valence electrons. The molecular formula is C7H12N2OS2. The average Bonchev–Trinajstić information content (AvgIpc) is 2.45. The SMILES string of the molecule is Nc1nc(CSCCCO)cs1. The molecule has 1 aromatic rings. The van der Waals surface area contributed by atoms with Gasteiger partial charge in [0.25, 0.3) is 0 Å². The Morgan fingerprint density at radius 2 is 2.50 bits per heavy atom. The van der Waals surface area contributed by atoms with Gasteiger partial charge in [0.1, 0.15) is 0 Å². The first-order valence-corrected chi connectivity index (χ1v) is 5.75. The number of nitrogens with two attached hydrogens (primary N) is 1. The lowest BCUT2D eigenvalue weighted by Gasteiger charge is -1.95. The van der Waals surface area contributed by atoms with Crippen molar-refractivity contribution < 1.29 is 5.11 Å². The van der Waals surface area contributed by atoms with E-state index in [-0.39, 0.29) is 6.61 Å². The summed E-state index contributed by atoms with van der Waals surface area (Å²) in [5.41, 5.74) is 6.51. The highest BCUT2D eigenvalue weighted by Crippen LogP contribution is 2.16. The molecule has 0 aromatic carbocycles. The van der Waals surface area contributed by atoms with Gasteiger partial charge in [-0.15, -0.1) is 11.3 Å². The van der Waals surface area contributed by atoms with Crippen molar-refractivity contribution in [2.75, 3.05) is 18.1 Å². The van der Waals surface area contributed by atoms with E-state index in [1.165, 1.54) is 11.3 Å². The van der Waals surface area contributed by atoms with E-state index >= 15 is 0 Å². The third-order valence-electron chi connectivity index (χ3n) is 1.27. The largest absolute Gasteiger partial charge is 0.396 e. The number of aliphatic hydroxyl groups excluding tert-OH is 1. The minimum Gasteiger partial charge on any atom is -0.396 e. The number of thiazole rings is 1. The molecule has 0 saturated carbocycles. The molecule has 0 bridgehead atoms. The van der Waals surface area contributed by atoms with Gasteiger partial charge < -0.3 is 10.8 Å². The van der Waals surface area contributed by atoms with Gasteiger partial charge in [-0.05, 0) is 12.2 Å². The molecule has 1 heterocycles. The van der Waals surface area contributed by atoms with E-state index in [2.05, 4.69) is 4.98 Å². The molecule has 0 saturated heterocycles. The molecule has 1 aromatic heterocycles. The fourth-order valence-electron chi connectivity index (χ4n) is 0.732. The van der Waals surface area contributed by atoms with Crippen LogP contribution in [-0.4, -0.2) is 22.5 Å². The Kier molecular flexibility index (Phi) is 4.42. The first-order chi connectivity index (χ1) is 5.83. The molecule has 1 rings (SSSR count). The summed E-state index contributed by atoms with van der Waals surface area (Å²) in [6.07, 6.45) is 0.851. The number of hydrogen-bond donors (Lipinski definition) is 2. The second-order valence-electron chi connectivity index (χ2n) is 2.31. The van der Waals surface area contributed by atoms with Crippen LogP contribution in [0.2, 0.25) is 0 Å². The highest BCUT2D eigenvalue weighted by atomic mass is 32.2. The number of hydrogen-bond acceptors (Lipinski definition) is 5. The molecule has 5 heteroatoms. The Labute approximate surface area is 80.0 Å². The van der Waals surface area contributed by atoms with Crippen LogP contribution in [0.5, 0.6) is 0 Å². The van der Waals surface area contributed by atoms with Crippen molar-refractivity contribution in [3.05, 3.63) is 11.1 Å². The summed E-state index contributed by atoms with van der Waals surface area (Å²) in [5.74, 6) is 1.88. The molecule has 0 aliphatic carbocycles. The van der Waals surface area contributed by atoms with Gasteiger partial charge in [0.05, 0.1) is 5.69 Å². The number of nitrogens with zero attached hydrogens (tertiary/aromatic N) is 1. The summed E-state index contributed by atoms with van der Waals surface area (Å²) in [5, 5.41) is 11.1. The molecule has 3 nitrogen and oxygen atoms in total. The maximum atomic E-state index is 8.52. The van der Waals surface area contributed by atoms with Crippen molar-refractivity contribution in [2.24, 2.45) is 0 Å². The quantitative estimate of drug-likeness (QED) is 0.711. The number of aromatic nitrogens is 1. The van der Waals surface area contributed by atoms with Crippen LogP contribution in [0.15, 0.2) is 5.38 Å². The molecule has 0 aliphatic rings. The lowest BCUT2D eigenvalue weighted by molar-refractivity contribution is 0.296. The summed E-state index contributed by atoms with van der Waals surface area (Å²) < 4.78 is 0.